The van der Waals surface area contributed by atoms with Crippen molar-refractivity contribution in [3.05, 3.63) is 64.1 Å². The molecule has 1 heterocycles. The topological polar surface area (TPSA) is 49.3 Å². The van der Waals surface area contributed by atoms with Gasteiger partial charge in [-0.2, -0.15) is 0 Å². The standard InChI is InChI=1S/C20H24N4S.HI/c1-4-21-20(23-13-19-22-12-14(2)25-19)24-15(3)17-11-7-9-16-8-5-6-10-18(16)17;/h5-12,15H,4,13H2,1-3H3,(H2,21,23,24);1H. The van der Waals surface area contributed by atoms with Crippen LogP contribution in [0.1, 0.15) is 35.3 Å². The highest BCUT2D eigenvalue weighted by Gasteiger charge is 2.11. The third-order valence-corrected chi connectivity index (χ3v) is 4.93. The molecule has 0 spiro atoms. The van der Waals surface area contributed by atoms with Gasteiger partial charge in [0.2, 0.25) is 0 Å². The number of hydrogen-bond acceptors (Lipinski definition) is 3. The van der Waals surface area contributed by atoms with E-state index in [0.29, 0.717) is 6.54 Å². The number of nitrogens with one attached hydrogen (secondary N) is 2. The molecule has 0 amide bonds. The minimum Gasteiger partial charge on any atom is -0.357 e. The Balaban J connectivity index is 0.00000243. The van der Waals surface area contributed by atoms with Crippen LogP contribution in [-0.4, -0.2) is 17.5 Å². The van der Waals surface area contributed by atoms with Crippen molar-refractivity contribution in [2.75, 3.05) is 6.54 Å². The number of aromatic nitrogens is 1. The average molecular weight is 480 g/mol. The predicted octanol–water partition coefficient (Wildman–Crippen LogP) is 5.04. The molecule has 1 aromatic heterocycles. The molecule has 2 aromatic carbocycles. The van der Waals surface area contributed by atoms with Gasteiger partial charge >= 0.3 is 0 Å². The number of aliphatic imine (C=N–C) groups is 1. The monoisotopic (exact) mass is 480 g/mol. The molecular formula is C20H25IN4S. The number of benzene rings is 2. The van der Waals surface area contributed by atoms with E-state index in [1.54, 1.807) is 11.3 Å². The smallest absolute Gasteiger partial charge is 0.192 e. The van der Waals surface area contributed by atoms with Gasteiger partial charge in [0.1, 0.15) is 5.01 Å². The third kappa shape index (κ3) is 5.17. The highest BCUT2D eigenvalue weighted by molar-refractivity contribution is 14.0. The second-order valence-corrected chi connectivity index (χ2v) is 7.31. The van der Waals surface area contributed by atoms with Gasteiger partial charge in [-0.05, 0) is 37.1 Å². The summed E-state index contributed by atoms with van der Waals surface area (Å²) < 4.78 is 0. The predicted molar refractivity (Wildman–Crippen MR) is 123 cm³/mol. The maximum absolute atomic E-state index is 4.68. The molecule has 0 aliphatic rings. The number of guanidine groups is 1. The number of rotatable bonds is 5. The molecule has 3 rings (SSSR count). The van der Waals surface area contributed by atoms with E-state index in [9.17, 15) is 0 Å². The van der Waals surface area contributed by atoms with Crippen molar-refractivity contribution in [1.82, 2.24) is 15.6 Å². The lowest BCUT2D eigenvalue weighted by atomic mass is 10.00. The Bertz CT molecular complexity index is 870. The zero-order chi connectivity index (χ0) is 17.6. The van der Waals surface area contributed by atoms with Gasteiger partial charge in [-0.1, -0.05) is 42.5 Å². The van der Waals surface area contributed by atoms with Crippen LogP contribution in [0, 0.1) is 6.92 Å². The fraction of sp³-hybridized carbons (Fsp3) is 0.300. The van der Waals surface area contributed by atoms with E-state index in [1.165, 1.54) is 21.2 Å². The summed E-state index contributed by atoms with van der Waals surface area (Å²) in [6.07, 6.45) is 1.90. The molecule has 1 unspecified atom stereocenters. The van der Waals surface area contributed by atoms with E-state index in [2.05, 4.69) is 83.8 Å². The van der Waals surface area contributed by atoms with Crippen LogP contribution in [-0.2, 0) is 6.54 Å². The summed E-state index contributed by atoms with van der Waals surface area (Å²) in [5.41, 5.74) is 1.27. The number of thiazole rings is 1. The lowest BCUT2D eigenvalue weighted by Gasteiger charge is -2.19. The number of nitrogens with zero attached hydrogens (tertiary/aromatic N) is 2. The van der Waals surface area contributed by atoms with Crippen LogP contribution in [0.3, 0.4) is 0 Å². The third-order valence-electron chi connectivity index (χ3n) is 4.03. The molecule has 26 heavy (non-hydrogen) atoms. The first-order valence-electron chi connectivity index (χ1n) is 8.61. The lowest BCUT2D eigenvalue weighted by Crippen LogP contribution is -2.38. The molecule has 0 saturated carbocycles. The van der Waals surface area contributed by atoms with Crippen molar-refractivity contribution in [2.24, 2.45) is 4.99 Å². The van der Waals surface area contributed by atoms with Gasteiger partial charge in [-0.3, -0.25) is 0 Å². The van der Waals surface area contributed by atoms with Gasteiger partial charge in [-0.25, -0.2) is 9.98 Å². The van der Waals surface area contributed by atoms with Crippen LogP contribution in [0.5, 0.6) is 0 Å². The Morgan fingerprint density at radius 3 is 2.69 bits per heavy atom. The van der Waals surface area contributed by atoms with Crippen molar-refractivity contribution in [1.29, 1.82) is 0 Å². The Hall–Kier alpha value is -1.67. The van der Waals surface area contributed by atoms with Crippen LogP contribution in [0.25, 0.3) is 10.8 Å². The molecule has 2 N–H and O–H groups in total. The summed E-state index contributed by atoms with van der Waals surface area (Å²) >= 11 is 1.69. The summed E-state index contributed by atoms with van der Waals surface area (Å²) in [7, 11) is 0. The van der Waals surface area contributed by atoms with E-state index in [4.69, 9.17) is 0 Å². The molecule has 0 bridgehead atoms. The largest absolute Gasteiger partial charge is 0.357 e. The van der Waals surface area contributed by atoms with Crippen molar-refractivity contribution in [2.45, 2.75) is 33.4 Å². The highest BCUT2D eigenvalue weighted by atomic mass is 127. The van der Waals surface area contributed by atoms with E-state index in [1.807, 2.05) is 6.20 Å². The van der Waals surface area contributed by atoms with Gasteiger partial charge in [0.05, 0.1) is 12.6 Å². The molecule has 0 saturated heterocycles. The van der Waals surface area contributed by atoms with Crippen LogP contribution in [0.4, 0.5) is 0 Å². The molecule has 0 aliphatic heterocycles. The van der Waals surface area contributed by atoms with Gasteiger partial charge in [0.15, 0.2) is 5.96 Å². The molecule has 6 heteroatoms. The second-order valence-electron chi connectivity index (χ2n) is 5.99. The molecule has 138 valence electrons. The maximum Gasteiger partial charge on any atom is 0.192 e. The second kappa shape index (κ2) is 9.87. The normalized spacial score (nSPS) is 12.5. The van der Waals surface area contributed by atoms with Crippen LogP contribution < -0.4 is 10.6 Å². The molecular weight excluding hydrogens is 455 g/mol. The molecule has 3 aromatic rings. The molecule has 0 aliphatic carbocycles. The number of aryl methyl sites for hydroxylation is 1. The summed E-state index contributed by atoms with van der Waals surface area (Å²) in [5.74, 6) is 0.816. The summed E-state index contributed by atoms with van der Waals surface area (Å²) in [4.78, 5) is 10.3. The fourth-order valence-corrected chi connectivity index (χ4v) is 3.56. The van der Waals surface area contributed by atoms with Crippen LogP contribution >= 0.6 is 35.3 Å². The van der Waals surface area contributed by atoms with Crippen LogP contribution in [0.15, 0.2) is 53.7 Å². The van der Waals surface area contributed by atoms with Gasteiger partial charge in [-0.15, -0.1) is 35.3 Å². The first kappa shape index (κ1) is 20.6. The SMILES string of the molecule is CCNC(=NCc1ncc(C)s1)NC(C)c1cccc2ccccc12.I. The zero-order valence-corrected chi connectivity index (χ0v) is 18.5. The van der Waals surface area contributed by atoms with E-state index in [-0.39, 0.29) is 30.0 Å². The lowest BCUT2D eigenvalue weighted by molar-refractivity contribution is 0.691. The molecule has 1 atom stereocenters. The van der Waals surface area contributed by atoms with E-state index in [0.717, 1.165) is 17.5 Å². The molecule has 0 fully saturated rings. The zero-order valence-electron chi connectivity index (χ0n) is 15.3. The number of hydrogen-bond donors (Lipinski definition) is 2. The van der Waals surface area contributed by atoms with E-state index >= 15 is 0 Å². The summed E-state index contributed by atoms with van der Waals surface area (Å²) in [6.45, 7) is 7.73. The fourth-order valence-electron chi connectivity index (χ4n) is 2.85. The van der Waals surface area contributed by atoms with E-state index < -0.39 is 0 Å². The van der Waals surface area contributed by atoms with Crippen molar-refractivity contribution < 1.29 is 0 Å². The summed E-state index contributed by atoms with van der Waals surface area (Å²) in [6, 6.07) is 15.1. The number of halogens is 1. The Morgan fingerprint density at radius 1 is 1.19 bits per heavy atom. The minimum atomic E-state index is 0. The van der Waals surface area contributed by atoms with Gasteiger partial charge in [0.25, 0.3) is 0 Å². The van der Waals surface area contributed by atoms with Crippen molar-refractivity contribution in [3.63, 3.8) is 0 Å². The quantitative estimate of drug-likeness (QED) is 0.306. The van der Waals surface area contributed by atoms with Gasteiger partial charge in [0, 0.05) is 17.6 Å². The van der Waals surface area contributed by atoms with Crippen molar-refractivity contribution >= 4 is 52.0 Å². The summed E-state index contributed by atoms with van der Waals surface area (Å²) in [5, 5.41) is 10.4. The molecule has 4 nitrogen and oxygen atoms in total. The maximum atomic E-state index is 4.68. The first-order chi connectivity index (χ1) is 12.2. The molecule has 0 radical (unpaired) electrons. The first-order valence-corrected chi connectivity index (χ1v) is 9.43. The average Bonchev–Trinajstić information content (AvgIpc) is 3.04. The highest BCUT2D eigenvalue weighted by Crippen LogP contribution is 2.24. The number of fused-ring (bicyclic) bond motifs is 1. The Morgan fingerprint density at radius 2 is 1.96 bits per heavy atom. The van der Waals surface area contributed by atoms with Gasteiger partial charge < -0.3 is 10.6 Å². The van der Waals surface area contributed by atoms with Crippen molar-refractivity contribution in [3.8, 4) is 0 Å². The Labute approximate surface area is 176 Å². The van der Waals surface area contributed by atoms with Crippen LogP contribution in [0.2, 0.25) is 0 Å². The minimum absolute atomic E-state index is 0. The Kier molecular flexibility index (Phi) is 7.84.